The summed E-state index contributed by atoms with van der Waals surface area (Å²) in [7, 11) is -4.43. The lowest BCUT2D eigenvalue weighted by Crippen LogP contribution is -2.27. The first-order valence-electron chi connectivity index (χ1n) is 23.4. The lowest BCUT2D eigenvalue weighted by atomic mass is 10.1. The summed E-state index contributed by atoms with van der Waals surface area (Å²) in [4.78, 5) is 34.0. The van der Waals surface area contributed by atoms with Crippen LogP contribution in [0.1, 0.15) is 194 Å². The van der Waals surface area contributed by atoms with Gasteiger partial charge < -0.3 is 20.1 Å². The summed E-state index contributed by atoms with van der Waals surface area (Å²) in [6.07, 6.45) is 55.4. The third-order valence-corrected chi connectivity index (χ3v) is 10.6. The number of ether oxygens (including phenoxy) is 1. The molecule has 0 aliphatic heterocycles. The lowest BCUT2D eigenvalue weighted by Gasteiger charge is -2.15. The highest BCUT2D eigenvalue weighted by Crippen LogP contribution is 2.42. The molecule has 0 aromatic carbocycles. The van der Waals surface area contributed by atoms with E-state index >= 15 is 0 Å². The van der Waals surface area contributed by atoms with Crippen LogP contribution < -0.4 is 5.32 Å². The van der Waals surface area contributed by atoms with Gasteiger partial charge in [-0.25, -0.2) is 4.57 Å². The highest BCUT2D eigenvalue weighted by Gasteiger charge is 2.23. The Bertz CT molecular complexity index is 1190. The predicted octanol–water partition coefficient (Wildman–Crippen LogP) is 13.4. The van der Waals surface area contributed by atoms with Crippen LogP contribution >= 0.6 is 7.82 Å². The Labute approximate surface area is 360 Å². The van der Waals surface area contributed by atoms with Gasteiger partial charge >= 0.3 is 13.8 Å². The number of rotatable bonds is 43. The number of unbranched alkanes of at least 4 members (excludes halogenated alkanes) is 18. The van der Waals surface area contributed by atoms with Gasteiger partial charge in [0.15, 0.2) is 0 Å². The largest absolute Gasteiger partial charge is 0.472 e. The quantitative estimate of drug-likeness (QED) is 0.0239. The van der Waals surface area contributed by atoms with E-state index in [1.165, 1.54) is 96.3 Å². The third kappa shape index (κ3) is 46.4. The van der Waals surface area contributed by atoms with Gasteiger partial charge in [0.2, 0.25) is 5.91 Å². The average Bonchev–Trinajstić information content (AvgIpc) is 3.22. The van der Waals surface area contributed by atoms with Crippen molar-refractivity contribution in [2.45, 2.75) is 200 Å². The van der Waals surface area contributed by atoms with Gasteiger partial charge in [-0.3, -0.25) is 18.6 Å². The number of nitrogens with one attached hydrogen (secondary N) is 1. The van der Waals surface area contributed by atoms with Crippen LogP contribution in [-0.4, -0.2) is 54.3 Å². The normalized spacial score (nSPS) is 13.9. The van der Waals surface area contributed by atoms with E-state index in [2.05, 4.69) is 92.1 Å². The Hall–Kier alpha value is -2.55. The molecule has 0 fully saturated rings. The molecule has 9 nitrogen and oxygen atoms in total. The molecular weight excluding hydrogens is 762 g/mol. The van der Waals surface area contributed by atoms with Crippen LogP contribution in [0.15, 0.2) is 72.9 Å². The zero-order valence-electron chi connectivity index (χ0n) is 37.4. The molecular formula is C49H86NO8P. The summed E-state index contributed by atoms with van der Waals surface area (Å²) in [5, 5.41) is 12.7. The summed E-state index contributed by atoms with van der Waals surface area (Å²) in [6.45, 7) is 3.46. The van der Waals surface area contributed by atoms with Crippen molar-refractivity contribution in [1.29, 1.82) is 0 Å². The van der Waals surface area contributed by atoms with Crippen molar-refractivity contribution in [2.75, 3.05) is 26.4 Å². The fourth-order valence-corrected chi connectivity index (χ4v) is 6.80. The second-order valence-corrected chi connectivity index (χ2v) is 16.8. The summed E-state index contributed by atoms with van der Waals surface area (Å²) in [5.41, 5.74) is 0. The highest BCUT2D eigenvalue weighted by molar-refractivity contribution is 7.47. The van der Waals surface area contributed by atoms with E-state index in [9.17, 15) is 24.2 Å². The first kappa shape index (κ1) is 56.5. The highest BCUT2D eigenvalue weighted by atomic mass is 31.2. The van der Waals surface area contributed by atoms with E-state index in [4.69, 9.17) is 13.8 Å². The summed E-state index contributed by atoms with van der Waals surface area (Å²) in [6, 6.07) is 0. The van der Waals surface area contributed by atoms with Gasteiger partial charge in [-0.1, -0.05) is 164 Å². The van der Waals surface area contributed by atoms with Crippen LogP contribution in [0.3, 0.4) is 0 Å². The summed E-state index contributed by atoms with van der Waals surface area (Å²) in [5.74, 6) is -0.555. The maximum absolute atomic E-state index is 12.1. The molecule has 0 saturated carbocycles. The van der Waals surface area contributed by atoms with E-state index in [1.807, 2.05) is 0 Å². The van der Waals surface area contributed by atoms with E-state index in [1.54, 1.807) is 0 Å². The molecule has 1 amide bonds. The average molecular weight is 848 g/mol. The number of amides is 1. The fraction of sp³-hybridized carbons (Fsp3) is 0.714. The van der Waals surface area contributed by atoms with Crippen LogP contribution in [0, 0.1) is 0 Å². The van der Waals surface area contributed by atoms with Gasteiger partial charge in [0, 0.05) is 19.4 Å². The zero-order chi connectivity index (χ0) is 43.2. The number of aliphatic hydroxyl groups is 1. The Balaban J connectivity index is 3.65. The van der Waals surface area contributed by atoms with Crippen molar-refractivity contribution in [3.63, 3.8) is 0 Å². The van der Waals surface area contributed by atoms with Gasteiger partial charge in [0.05, 0.1) is 13.2 Å². The first-order chi connectivity index (χ1) is 28.8. The van der Waals surface area contributed by atoms with Gasteiger partial charge in [0.1, 0.15) is 12.7 Å². The summed E-state index contributed by atoms with van der Waals surface area (Å²) < 4.78 is 26.9. The molecule has 0 heterocycles. The molecule has 0 bridgehead atoms. The van der Waals surface area contributed by atoms with Crippen LogP contribution in [-0.2, 0) is 27.9 Å². The molecule has 59 heavy (non-hydrogen) atoms. The molecule has 0 aliphatic carbocycles. The van der Waals surface area contributed by atoms with E-state index in [0.29, 0.717) is 12.8 Å². The molecule has 0 aliphatic rings. The number of allylic oxidation sites excluding steroid dienone is 12. The second kappa shape index (κ2) is 45.0. The molecule has 3 N–H and O–H groups in total. The fourth-order valence-electron chi connectivity index (χ4n) is 6.04. The van der Waals surface area contributed by atoms with Crippen molar-refractivity contribution in [1.82, 2.24) is 5.32 Å². The van der Waals surface area contributed by atoms with Gasteiger partial charge in [-0.15, -0.1) is 0 Å². The number of esters is 1. The molecule has 10 heteroatoms. The molecule has 340 valence electrons. The maximum atomic E-state index is 12.1. The van der Waals surface area contributed by atoms with Crippen molar-refractivity contribution >= 4 is 19.7 Å². The molecule has 0 radical (unpaired) electrons. The molecule has 0 rings (SSSR count). The van der Waals surface area contributed by atoms with Crippen LogP contribution in [0.4, 0.5) is 0 Å². The van der Waals surface area contributed by atoms with Crippen molar-refractivity contribution in [3.05, 3.63) is 72.9 Å². The first-order valence-corrected chi connectivity index (χ1v) is 24.9. The number of aliphatic hydroxyl groups excluding tert-OH is 1. The zero-order valence-corrected chi connectivity index (χ0v) is 38.3. The van der Waals surface area contributed by atoms with Gasteiger partial charge in [-0.2, -0.15) is 0 Å². The topological polar surface area (TPSA) is 131 Å². The standard InChI is InChI=1S/C49H86NO8P/c1-3-5-7-9-11-13-15-17-19-21-23-25-27-29-31-33-35-37-39-41-48(52)50-43-44-57-59(54,55)58-46-47(51)45-56-49(53)42-40-38-36-34-32-30-28-26-24-22-20-18-16-14-12-10-8-6-4-2/h11-14,17-20,24,26,30,32,47,51H,3-10,15-16,21-23,25,27-29,31,33-46H2,1-2H3,(H,50,52)(H,54,55)/b13-11-,14-12-,19-17-,20-18-,26-24-,32-30-. The molecule has 0 saturated heterocycles. The molecule has 0 aromatic rings. The van der Waals surface area contributed by atoms with Crippen LogP contribution in [0.2, 0.25) is 0 Å². The molecule has 0 spiro atoms. The Kier molecular flexibility index (Phi) is 43.0. The Morgan fingerprint density at radius 2 is 0.915 bits per heavy atom. The minimum Gasteiger partial charge on any atom is -0.463 e. The smallest absolute Gasteiger partial charge is 0.463 e. The minimum absolute atomic E-state index is 0.0719. The number of carbonyl (C=O) groups excluding carboxylic acids is 2. The Morgan fingerprint density at radius 1 is 0.525 bits per heavy atom. The SMILES string of the molecule is CCCCC/C=C\C/C=C\C/C=C\C/C=C\CCCCCC(=O)OCC(O)COP(=O)(O)OCCNC(=O)CCCCCCCCCCC/C=C\C/C=C\CCCCC. The van der Waals surface area contributed by atoms with Gasteiger partial charge in [0.25, 0.3) is 0 Å². The van der Waals surface area contributed by atoms with Crippen LogP contribution in [0.5, 0.6) is 0 Å². The monoisotopic (exact) mass is 848 g/mol. The van der Waals surface area contributed by atoms with Crippen molar-refractivity contribution in [3.8, 4) is 0 Å². The van der Waals surface area contributed by atoms with Gasteiger partial charge in [-0.05, 0) is 89.9 Å². The minimum atomic E-state index is -4.43. The maximum Gasteiger partial charge on any atom is 0.472 e. The van der Waals surface area contributed by atoms with Crippen LogP contribution in [0.25, 0.3) is 0 Å². The predicted molar refractivity (Wildman–Crippen MR) is 247 cm³/mol. The van der Waals surface area contributed by atoms with E-state index < -0.39 is 26.5 Å². The number of hydrogen-bond acceptors (Lipinski definition) is 7. The third-order valence-electron chi connectivity index (χ3n) is 9.61. The number of carbonyl (C=O) groups is 2. The second-order valence-electron chi connectivity index (χ2n) is 15.4. The summed E-state index contributed by atoms with van der Waals surface area (Å²) >= 11 is 0. The van der Waals surface area contributed by atoms with Crippen molar-refractivity contribution < 1.29 is 37.9 Å². The number of phosphoric ester groups is 1. The number of phosphoric acid groups is 1. The van der Waals surface area contributed by atoms with Crippen molar-refractivity contribution in [2.24, 2.45) is 0 Å². The molecule has 2 unspecified atom stereocenters. The lowest BCUT2D eigenvalue weighted by molar-refractivity contribution is -0.147. The Morgan fingerprint density at radius 3 is 1.39 bits per heavy atom. The van der Waals surface area contributed by atoms with E-state index in [0.717, 1.165) is 64.2 Å². The molecule has 0 aromatic heterocycles. The molecule has 2 atom stereocenters. The van der Waals surface area contributed by atoms with E-state index in [-0.39, 0.29) is 32.1 Å². The number of hydrogen-bond donors (Lipinski definition) is 3.